The Kier molecular flexibility index (Phi) is 2.96. The minimum Gasteiger partial charge on any atom is -0.345 e. The number of fused-ring (bicyclic) bond motifs is 1. The molecular formula is C14H13N3S. The highest BCUT2D eigenvalue weighted by atomic mass is 32.1. The highest BCUT2D eigenvalue weighted by molar-refractivity contribution is 7.11. The molecule has 3 N–H and O–H groups in total. The molecule has 90 valence electrons. The Balaban J connectivity index is 2.01. The molecule has 0 unspecified atom stereocenters. The van der Waals surface area contributed by atoms with E-state index in [0.717, 1.165) is 27.2 Å². The quantitative estimate of drug-likeness (QED) is 0.753. The van der Waals surface area contributed by atoms with Crippen molar-refractivity contribution in [3.63, 3.8) is 0 Å². The summed E-state index contributed by atoms with van der Waals surface area (Å²) >= 11 is 1.47. The molecular weight excluding hydrogens is 242 g/mol. The summed E-state index contributed by atoms with van der Waals surface area (Å²) < 4.78 is 4.42. The van der Waals surface area contributed by atoms with Gasteiger partial charge in [-0.15, -0.1) is 0 Å². The van der Waals surface area contributed by atoms with Gasteiger partial charge in [-0.25, -0.2) is 0 Å². The van der Waals surface area contributed by atoms with Crippen LogP contribution in [0, 0.1) is 0 Å². The number of nitrogens with zero attached hydrogens (tertiary/aromatic N) is 1. The molecule has 18 heavy (non-hydrogen) atoms. The number of hydrogen-bond acceptors (Lipinski definition) is 4. The molecule has 1 aromatic heterocycles. The molecule has 0 aliphatic rings. The topological polar surface area (TPSA) is 50.9 Å². The van der Waals surface area contributed by atoms with Crippen LogP contribution < -0.4 is 11.1 Å². The van der Waals surface area contributed by atoms with Crippen LogP contribution in [-0.2, 0) is 6.54 Å². The molecule has 3 aromatic rings. The average Bonchev–Trinajstić information content (AvgIpc) is 2.83. The van der Waals surface area contributed by atoms with E-state index >= 15 is 0 Å². The van der Waals surface area contributed by atoms with E-state index in [0.29, 0.717) is 6.54 Å². The van der Waals surface area contributed by atoms with Crippen LogP contribution in [0.5, 0.6) is 0 Å². The third-order valence-corrected chi connectivity index (χ3v) is 3.66. The second kappa shape index (κ2) is 4.76. The molecule has 0 radical (unpaired) electrons. The number of benzene rings is 2. The standard InChI is InChI=1S/C14H13N3S/c15-9-10-5-1-3-7-12(10)16-14-11-6-2-4-8-13(11)17-18-14/h1-8,16H,9,15H2. The summed E-state index contributed by atoms with van der Waals surface area (Å²) in [5.74, 6) is 0. The summed E-state index contributed by atoms with van der Waals surface area (Å²) in [6, 6.07) is 16.2. The summed E-state index contributed by atoms with van der Waals surface area (Å²) in [5, 5.41) is 5.63. The molecule has 1 heterocycles. The Bertz CT molecular complexity index is 675. The van der Waals surface area contributed by atoms with Crippen molar-refractivity contribution < 1.29 is 0 Å². The summed E-state index contributed by atoms with van der Waals surface area (Å²) in [5.41, 5.74) is 8.92. The Labute approximate surface area is 109 Å². The predicted octanol–water partition coefficient (Wildman–Crippen LogP) is 3.50. The van der Waals surface area contributed by atoms with Crippen molar-refractivity contribution >= 4 is 33.1 Å². The fourth-order valence-corrected chi connectivity index (χ4v) is 2.70. The van der Waals surface area contributed by atoms with Crippen LogP contribution >= 0.6 is 11.5 Å². The number of para-hydroxylation sites is 1. The first-order valence-corrected chi connectivity index (χ1v) is 6.55. The van der Waals surface area contributed by atoms with Gasteiger partial charge in [-0.1, -0.05) is 30.3 Å². The lowest BCUT2D eigenvalue weighted by Gasteiger charge is -2.08. The highest BCUT2D eigenvalue weighted by Gasteiger charge is 2.07. The van der Waals surface area contributed by atoms with Crippen LogP contribution in [0.15, 0.2) is 48.5 Å². The lowest BCUT2D eigenvalue weighted by atomic mass is 10.2. The Morgan fingerprint density at radius 2 is 1.83 bits per heavy atom. The van der Waals surface area contributed by atoms with E-state index in [1.807, 2.05) is 42.5 Å². The molecule has 0 amide bonds. The average molecular weight is 255 g/mol. The van der Waals surface area contributed by atoms with Crippen molar-refractivity contribution in [3.8, 4) is 0 Å². The zero-order chi connectivity index (χ0) is 12.4. The maximum atomic E-state index is 5.74. The molecule has 0 atom stereocenters. The molecule has 2 aromatic carbocycles. The first-order chi connectivity index (χ1) is 8.88. The summed E-state index contributed by atoms with van der Waals surface area (Å²) in [6.45, 7) is 0.528. The molecule has 0 aliphatic heterocycles. The lowest BCUT2D eigenvalue weighted by molar-refractivity contribution is 1.07. The zero-order valence-electron chi connectivity index (χ0n) is 9.76. The molecule has 0 saturated carbocycles. The van der Waals surface area contributed by atoms with Gasteiger partial charge in [0, 0.05) is 17.6 Å². The van der Waals surface area contributed by atoms with Gasteiger partial charge < -0.3 is 11.1 Å². The Morgan fingerprint density at radius 3 is 2.72 bits per heavy atom. The number of aromatic nitrogens is 1. The lowest BCUT2D eigenvalue weighted by Crippen LogP contribution is -2.00. The molecule has 0 fully saturated rings. The monoisotopic (exact) mass is 255 g/mol. The summed E-state index contributed by atoms with van der Waals surface area (Å²) in [7, 11) is 0. The molecule has 0 bridgehead atoms. The SMILES string of the molecule is NCc1ccccc1Nc1snc2ccccc12. The van der Waals surface area contributed by atoms with Crippen molar-refractivity contribution in [2.75, 3.05) is 5.32 Å². The Hall–Kier alpha value is -1.91. The minimum atomic E-state index is 0.528. The van der Waals surface area contributed by atoms with E-state index in [2.05, 4.69) is 15.8 Å². The predicted molar refractivity (Wildman–Crippen MR) is 77.2 cm³/mol. The molecule has 0 saturated heterocycles. The number of nitrogens with two attached hydrogens (primary N) is 1. The van der Waals surface area contributed by atoms with Crippen molar-refractivity contribution in [1.29, 1.82) is 0 Å². The number of hydrogen-bond donors (Lipinski definition) is 2. The fourth-order valence-electron chi connectivity index (χ4n) is 1.92. The van der Waals surface area contributed by atoms with Crippen LogP contribution in [-0.4, -0.2) is 4.37 Å². The van der Waals surface area contributed by atoms with E-state index < -0.39 is 0 Å². The fraction of sp³-hybridized carbons (Fsp3) is 0.0714. The van der Waals surface area contributed by atoms with Gasteiger partial charge in [0.1, 0.15) is 5.00 Å². The van der Waals surface area contributed by atoms with Gasteiger partial charge in [0.2, 0.25) is 0 Å². The smallest absolute Gasteiger partial charge is 0.121 e. The van der Waals surface area contributed by atoms with E-state index in [1.165, 1.54) is 11.5 Å². The van der Waals surface area contributed by atoms with Gasteiger partial charge >= 0.3 is 0 Å². The molecule has 3 rings (SSSR count). The maximum absolute atomic E-state index is 5.74. The number of anilines is 2. The molecule has 3 nitrogen and oxygen atoms in total. The maximum Gasteiger partial charge on any atom is 0.121 e. The first-order valence-electron chi connectivity index (χ1n) is 5.78. The van der Waals surface area contributed by atoms with Crippen molar-refractivity contribution in [3.05, 3.63) is 54.1 Å². The molecule has 0 spiro atoms. The normalized spacial score (nSPS) is 10.7. The van der Waals surface area contributed by atoms with Gasteiger partial charge in [-0.05, 0) is 35.3 Å². The van der Waals surface area contributed by atoms with Crippen LogP contribution in [0.1, 0.15) is 5.56 Å². The van der Waals surface area contributed by atoms with Crippen LogP contribution in [0.3, 0.4) is 0 Å². The van der Waals surface area contributed by atoms with E-state index in [9.17, 15) is 0 Å². The number of rotatable bonds is 3. The minimum absolute atomic E-state index is 0.528. The highest BCUT2D eigenvalue weighted by Crippen LogP contribution is 2.31. The van der Waals surface area contributed by atoms with Crippen LogP contribution in [0.2, 0.25) is 0 Å². The van der Waals surface area contributed by atoms with E-state index in [1.54, 1.807) is 0 Å². The van der Waals surface area contributed by atoms with Crippen molar-refractivity contribution in [2.24, 2.45) is 5.73 Å². The Morgan fingerprint density at radius 1 is 1.06 bits per heavy atom. The zero-order valence-corrected chi connectivity index (χ0v) is 10.6. The number of nitrogens with one attached hydrogen (secondary N) is 1. The van der Waals surface area contributed by atoms with Gasteiger partial charge in [0.15, 0.2) is 0 Å². The van der Waals surface area contributed by atoms with Gasteiger partial charge in [0.05, 0.1) is 5.52 Å². The van der Waals surface area contributed by atoms with Crippen LogP contribution in [0.25, 0.3) is 10.9 Å². The van der Waals surface area contributed by atoms with Gasteiger partial charge in [-0.3, -0.25) is 0 Å². The third kappa shape index (κ3) is 1.96. The first kappa shape index (κ1) is 11.2. The second-order valence-electron chi connectivity index (χ2n) is 4.02. The second-order valence-corrected chi connectivity index (χ2v) is 4.79. The molecule has 4 heteroatoms. The van der Waals surface area contributed by atoms with Gasteiger partial charge in [0.25, 0.3) is 0 Å². The molecule has 0 aliphatic carbocycles. The van der Waals surface area contributed by atoms with Gasteiger partial charge in [-0.2, -0.15) is 4.37 Å². The van der Waals surface area contributed by atoms with E-state index in [-0.39, 0.29) is 0 Å². The van der Waals surface area contributed by atoms with Crippen molar-refractivity contribution in [2.45, 2.75) is 6.54 Å². The summed E-state index contributed by atoms with van der Waals surface area (Å²) in [6.07, 6.45) is 0. The van der Waals surface area contributed by atoms with E-state index in [4.69, 9.17) is 5.73 Å². The summed E-state index contributed by atoms with van der Waals surface area (Å²) in [4.78, 5) is 0. The van der Waals surface area contributed by atoms with Crippen molar-refractivity contribution in [1.82, 2.24) is 4.37 Å². The largest absolute Gasteiger partial charge is 0.345 e. The van der Waals surface area contributed by atoms with Crippen LogP contribution in [0.4, 0.5) is 10.7 Å². The third-order valence-electron chi connectivity index (χ3n) is 2.87.